The zero-order valence-corrected chi connectivity index (χ0v) is 15.9. The number of benzene rings is 1. The predicted molar refractivity (Wildman–Crippen MR) is 95.4 cm³/mol. The van der Waals surface area contributed by atoms with E-state index in [4.69, 9.17) is 4.74 Å². The number of carbonyl (C=O) groups excluding carboxylic acids is 3. The molecule has 2 heterocycles. The molecule has 29 heavy (non-hydrogen) atoms. The maximum Gasteiger partial charge on any atom is 0.330 e. The fourth-order valence-electron chi connectivity index (χ4n) is 4.37. The Hall–Kier alpha value is -3.34. The minimum atomic E-state index is -2.03. The Labute approximate surface area is 165 Å². The number of nitro benzene ring substituents is 1. The molecule has 2 aliphatic heterocycles. The van der Waals surface area contributed by atoms with Crippen molar-refractivity contribution in [3.8, 4) is 0 Å². The molecule has 11 heteroatoms. The largest absolute Gasteiger partial charge is 0.479 e. The second kappa shape index (κ2) is 6.92. The van der Waals surface area contributed by atoms with Crippen molar-refractivity contribution in [2.24, 2.45) is 11.8 Å². The number of imide groups is 1. The minimum absolute atomic E-state index is 0.195. The van der Waals surface area contributed by atoms with Crippen LogP contribution in [0.2, 0.25) is 0 Å². The van der Waals surface area contributed by atoms with E-state index in [1.54, 1.807) is 0 Å². The molecular formula is C18H19N3O8. The van der Waals surface area contributed by atoms with Crippen molar-refractivity contribution in [2.45, 2.75) is 18.5 Å². The van der Waals surface area contributed by atoms with E-state index in [0.717, 1.165) is 9.80 Å². The van der Waals surface area contributed by atoms with Crippen LogP contribution in [0.25, 0.3) is 0 Å². The van der Waals surface area contributed by atoms with Crippen LogP contribution in [0.3, 0.4) is 0 Å². The lowest BCUT2D eigenvalue weighted by Gasteiger charge is -2.38. The molecule has 1 N–H and O–H groups in total. The van der Waals surface area contributed by atoms with Crippen LogP contribution in [-0.4, -0.2) is 69.8 Å². The molecule has 2 saturated heterocycles. The molecule has 3 amide bonds. The molecule has 154 valence electrons. The Bertz CT molecular complexity index is 931. The first-order chi connectivity index (χ1) is 13.6. The molecule has 11 nitrogen and oxygen atoms in total. The van der Waals surface area contributed by atoms with Gasteiger partial charge >= 0.3 is 5.97 Å². The summed E-state index contributed by atoms with van der Waals surface area (Å²) in [7, 11) is 2.50. The average Bonchev–Trinajstić information content (AvgIpc) is 3.08. The first-order valence-electron chi connectivity index (χ1n) is 8.67. The number of carboxylic acids is 1. The Morgan fingerprint density at radius 2 is 1.97 bits per heavy atom. The zero-order chi connectivity index (χ0) is 21.7. The Morgan fingerprint density at radius 3 is 2.52 bits per heavy atom. The number of carboxylic acid groups (broad SMARTS) is 1. The second-order valence-electron chi connectivity index (χ2n) is 7.19. The van der Waals surface area contributed by atoms with Crippen LogP contribution in [0.4, 0.5) is 5.69 Å². The van der Waals surface area contributed by atoms with Crippen molar-refractivity contribution in [1.29, 1.82) is 0 Å². The van der Waals surface area contributed by atoms with Gasteiger partial charge in [0, 0.05) is 26.3 Å². The van der Waals surface area contributed by atoms with E-state index in [9.17, 15) is 34.4 Å². The van der Waals surface area contributed by atoms with Crippen LogP contribution in [0.1, 0.15) is 18.5 Å². The molecule has 2 aliphatic rings. The van der Waals surface area contributed by atoms with Gasteiger partial charge in [-0.25, -0.2) is 4.79 Å². The number of nitro groups is 1. The van der Waals surface area contributed by atoms with Gasteiger partial charge in [-0.05, 0) is 12.5 Å². The molecule has 0 spiro atoms. The van der Waals surface area contributed by atoms with Crippen molar-refractivity contribution in [1.82, 2.24) is 9.80 Å². The maximum atomic E-state index is 12.9. The van der Waals surface area contributed by atoms with Crippen LogP contribution in [0, 0.1) is 22.0 Å². The molecule has 4 atom stereocenters. The topological polar surface area (TPSA) is 147 Å². The van der Waals surface area contributed by atoms with Gasteiger partial charge in [-0.15, -0.1) is 0 Å². The Balaban J connectivity index is 2.27. The van der Waals surface area contributed by atoms with Crippen LogP contribution < -0.4 is 0 Å². The number of likely N-dealkylation sites (tertiary alicyclic amines) is 2. The number of carbonyl (C=O) groups is 4. The van der Waals surface area contributed by atoms with Crippen LogP contribution in [0.5, 0.6) is 0 Å². The van der Waals surface area contributed by atoms with E-state index < -0.39 is 58.6 Å². The van der Waals surface area contributed by atoms with E-state index in [1.807, 2.05) is 0 Å². The molecule has 1 aromatic rings. The normalized spacial score (nSPS) is 28.6. The molecule has 3 rings (SSSR count). The van der Waals surface area contributed by atoms with Gasteiger partial charge in [0.1, 0.15) is 6.61 Å². The summed E-state index contributed by atoms with van der Waals surface area (Å²) >= 11 is 0. The van der Waals surface area contributed by atoms with E-state index in [0.29, 0.717) is 0 Å². The highest BCUT2D eigenvalue weighted by Gasteiger charge is 2.71. The quantitative estimate of drug-likeness (QED) is 0.415. The lowest BCUT2D eigenvalue weighted by molar-refractivity contribution is -0.385. The summed E-state index contributed by atoms with van der Waals surface area (Å²) in [6.07, 6.45) is 0. The van der Waals surface area contributed by atoms with Crippen molar-refractivity contribution in [2.75, 3.05) is 20.8 Å². The van der Waals surface area contributed by atoms with Gasteiger partial charge in [-0.2, -0.15) is 0 Å². The number of hydrogen-bond acceptors (Lipinski definition) is 7. The number of rotatable bonds is 5. The fraction of sp³-hybridized carbons (Fsp3) is 0.444. The zero-order valence-electron chi connectivity index (χ0n) is 15.9. The SMILES string of the molecule is COCC(=O)N1C(c2cccc([N+](=O)[O-])c2)C2C(=O)N(C)C(=O)C2C1(C)C(=O)O. The third kappa shape index (κ3) is 2.77. The lowest BCUT2D eigenvalue weighted by Crippen LogP contribution is -2.57. The van der Waals surface area contributed by atoms with Crippen LogP contribution in [-0.2, 0) is 23.9 Å². The number of hydrogen-bond donors (Lipinski definition) is 1. The third-order valence-corrected chi connectivity index (χ3v) is 5.69. The summed E-state index contributed by atoms with van der Waals surface area (Å²) in [4.78, 5) is 63.1. The van der Waals surface area contributed by atoms with Gasteiger partial charge in [0.25, 0.3) is 5.69 Å². The second-order valence-corrected chi connectivity index (χ2v) is 7.19. The number of ether oxygens (including phenoxy) is 1. The minimum Gasteiger partial charge on any atom is -0.479 e. The third-order valence-electron chi connectivity index (χ3n) is 5.69. The van der Waals surface area contributed by atoms with Gasteiger partial charge < -0.3 is 14.7 Å². The molecule has 2 fully saturated rings. The highest BCUT2D eigenvalue weighted by atomic mass is 16.6. The van der Waals surface area contributed by atoms with E-state index >= 15 is 0 Å². The number of nitrogens with zero attached hydrogens (tertiary/aromatic N) is 3. The molecule has 0 radical (unpaired) electrons. The summed E-state index contributed by atoms with van der Waals surface area (Å²) in [6.45, 7) is 0.730. The van der Waals surface area contributed by atoms with E-state index in [-0.39, 0.29) is 11.3 Å². The monoisotopic (exact) mass is 405 g/mol. The number of non-ortho nitro benzene ring substituents is 1. The summed E-state index contributed by atoms with van der Waals surface area (Å²) < 4.78 is 4.86. The first kappa shape index (κ1) is 20.4. The van der Waals surface area contributed by atoms with Gasteiger partial charge in [0.05, 0.1) is 22.8 Å². The van der Waals surface area contributed by atoms with Gasteiger partial charge in [0.2, 0.25) is 17.7 Å². The molecular weight excluding hydrogens is 386 g/mol. The standard InChI is InChI=1S/C18H19N3O8/c1-18(17(25)26)13-12(15(23)19(2)16(13)24)14(20(18)11(22)8-29-3)9-5-4-6-10(7-9)21(27)28/h4-7,12-14H,8H2,1-3H3,(H,25,26). The summed E-state index contributed by atoms with van der Waals surface area (Å²) in [5.74, 6) is -6.07. The van der Waals surface area contributed by atoms with Crippen molar-refractivity contribution in [3.63, 3.8) is 0 Å². The van der Waals surface area contributed by atoms with Gasteiger partial charge in [-0.3, -0.25) is 29.4 Å². The number of fused-ring (bicyclic) bond motifs is 1. The molecule has 0 saturated carbocycles. The Kier molecular flexibility index (Phi) is 4.87. The van der Waals surface area contributed by atoms with Crippen molar-refractivity contribution < 1.29 is 33.9 Å². The maximum absolute atomic E-state index is 12.9. The van der Waals surface area contributed by atoms with Crippen LogP contribution >= 0.6 is 0 Å². The predicted octanol–water partition coefficient (Wildman–Crippen LogP) is 0.199. The van der Waals surface area contributed by atoms with Gasteiger partial charge in [0.15, 0.2) is 5.54 Å². The molecule has 0 aliphatic carbocycles. The first-order valence-corrected chi connectivity index (χ1v) is 8.67. The summed E-state index contributed by atoms with van der Waals surface area (Å²) in [5.41, 5.74) is -2.13. The summed E-state index contributed by atoms with van der Waals surface area (Å²) in [5, 5.41) is 21.2. The van der Waals surface area contributed by atoms with Crippen LogP contribution in [0.15, 0.2) is 24.3 Å². The molecule has 0 aromatic heterocycles. The van der Waals surface area contributed by atoms with Crippen molar-refractivity contribution in [3.05, 3.63) is 39.9 Å². The molecule has 0 bridgehead atoms. The number of aliphatic carboxylic acids is 1. The lowest BCUT2D eigenvalue weighted by atomic mass is 9.80. The molecule has 4 unspecified atom stereocenters. The molecule has 1 aromatic carbocycles. The average molecular weight is 405 g/mol. The van der Waals surface area contributed by atoms with E-state index in [2.05, 4.69) is 0 Å². The highest BCUT2D eigenvalue weighted by Crippen LogP contribution is 2.55. The Morgan fingerprint density at radius 1 is 1.31 bits per heavy atom. The number of methoxy groups -OCH3 is 1. The summed E-state index contributed by atoms with van der Waals surface area (Å²) in [6, 6.07) is 4.08. The van der Waals surface area contributed by atoms with E-state index in [1.165, 1.54) is 45.3 Å². The number of amides is 3. The van der Waals surface area contributed by atoms with Gasteiger partial charge in [-0.1, -0.05) is 12.1 Å². The van der Waals surface area contributed by atoms with Crippen molar-refractivity contribution >= 4 is 29.4 Å². The highest BCUT2D eigenvalue weighted by molar-refractivity contribution is 6.10. The fourth-order valence-corrected chi connectivity index (χ4v) is 4.37. The smallest absolute Gasteiger partial charge is 0.330 e.